The molecule has 18 heteroatoms. The lowest BCUT2D eigenvalue weighted by molar-refractivity contribution is -0.160. The van der Waals surface area contributed by atoms with Crippen molar-refractivity contribution in [2.75, 3.05) is 36.4 Å². The van der Waals surface area contributed by atoms with Gasteiger partial charge in [-0.15, -0.1) is 5.10 Å². The molecule has 14 nitrogen and oxygen atoms in total. The molecule has 0 spiro atoms. The number of nitrogens with one attached hydrogen (secondary N) is 1. The number of carbonyl (C=O) groups is 2. The number of anilines is 2. The molecule has 2 aromatic carbocycles. The number of aryl methyl sites for hydroxylation is 1. The van der Waals surface area contributed by atoms with Gasteiger partial charge in [-0.25, -0.2) is 9.97 Å². The number of halogens is 4. The minimum atomic E-state index is -4.42. The monoisotopic (exact) mass is 777 g/mol. The van der Waals surface area contributed by atoms with Crippen LogP contribution in [0.2, 0.25) is 5.02 Å². The second-order valence-electron chi connectivity index (χ2n) is 13.9. The van der Waals surface area contributed by atoms with Crippen molar-refractivity contribution < 1.29 is 32.6 Å². The van der Waals surface area contributed by atoms with E-state index in [9.17, 15) is 32.7 Å². The van der Waals surface area contributed by atoms with Crippen LogP contribution < -0.4 is 15.8 Å². The first-order chi connectivity index (χ1) is 26.3. The van der Waals surface area contributed by atoms with Crippen LogP contribution in [-0.4, -0.2) is 83.3 Å². The predicted molar refractivity (Wildman–Crippen MR) is 194 cm³/mol. The number of benzene rings is 2. The Morgan fingerprint density at radius 1 is 1.04 bits per heavy atom. The highest BCUT2D eigenvalue weighted by atomic mass is 35.5. The summed E-state index contributed by atoms with van der Waals surface area (Å²) in [6.45, 7) is 4.87. The van der Waals surface area contributed by atoms with Gasteiger partial charge in [-0.2, -0.15) is 22.7 Å². The molecule has 5 heterocycles. The molecule has 3 aliphatic rings. The molecule has 1 saturated carbocycles. The standard InChI is InChI=1S/C37H35ClF3N9O5/c1-3-27-30(47-10-12-48(13-11-47)33(53)29-31(52)20(2)42-19-43-29)34(54)50-35(45-32(46-50)21-4-5-22-17-55-18-23(22)14-21)49(27)16-28(51)44-26-7-6-24(15-25(26)38)36(8-9-36)37(39,40)41/h4-7,14-15,19,52H,3,8-13,16-18H2,1-2H3,(H,44,51). The molecule has 2 aliphatic heterocycles. The highest BCUT2D eigenvalue weighted by Crippen LogP contribution is 2.59. The summed E-state index contributed by atoms with van der Waals surface area (Å²) >= 11 is 6.44. The number of rotatable bonds is 8. The number of nitrogens with zero attached hydrogens (tertiary/aromatic N) is 8. The summed E-state index contributed by atoms with van der Waals surface area (Å²) in [5.41, 5.74) is 1.38. The minimum Gasteiger partial charge on any atom is -0.504 e. The Labute approximate surface area is 316 Å². The lowest BCUT2D eigenvalue weighted by atomic mass is 9.95. The largest absolute Gasteiger partial charge is 0.504 e. The van der Waals surface area contributed by atoms with E-state index in [4.69, 9.17) is 21.3 Å². The molecule has 2 fully saturated rings. The van der Waals surface area contributed by atoms with Gasteiger partial charge in [-0.1, -0.05) is 36.7 Å². The van der Waals surface area contributed by atoms with E-state index in [1.165, 1.54) is 29.4 Å². The van der Waals surface area contributed by atoms with E-state index in [1.54, 1.807) is 11.5 Å². The topological polar surface area (TPSA) is 160 Å². The SMILES string of the molecule is CCc1c(N2CCN(C(=O)c3ncnc(C)c3O)CC2)c(=O)n2nc(-c3ccc4c(c3)COC4)nc2n1CC(=O)Nc1ccc(C2(C(F)(F)F)CC2)cc1Cl. The summed E-state index contributed by atoms with van der Waals surface area (Å²) in [4.78, 5) is 57.5. The Kier molecular flexibility index (Phi) is 9.03. The number of piperazine rings is 1. The Morgan fingerprint density at radius 3 is 2.47 bits per heavy atom. The maximum atomic E-state index is 14.4. The predicted octanol–water partition coefficient (Wildman–Crippen LogP) is 4.80. The second kappa shape index (κ2) is 13.6. The Balaban J connectivity index is 1.13. The van der Waals surface area contributed by atoms with Crippen molar-refractivity contribution in [1.29, 1.82) is 0 Å². The number of aromatic nitrogens is 6. The van der Waals surface area contributed by atoms with Gasteiger partial charge in [0.15, 0.2) is 17.3 Å². The van der Waals surface area contributed by atoms with Crippen molar-refractivity contribution in [3.8, 4) is 17.1 Å². The molecule has 0 bridgehead atoms. The molecule has 286 valence electrons. The fourth-order valence-corrected chi connectivity index (χ4v) is 7.61. The zero-order valence-electron chi connectivity index (χ0n) is 29.8. The molecule has 1 saturated heterocycles. The van der Waals surface area contributed by atoms with Crippen LogP contribution in [0, 0.1) is 6.92 Å². The Morgan fingerprint density at radius 2 is 1.78 bits per heavy atom. The van der Waals surface area contributed by atoms with Crippen molar-refractivity contribution in [1.82, 2.24) is 34.0 Å². The number of hydrogen-bond acceptors (Lipinski definition) is 10. The van der Waals surface area contributed by atoms with Crippen LogP contribution in [-0.2, 0) is 41.1 Å². The van der Waals surface area contributed by atoms with Crippen LogP contribution in [0.4, 0.5) is 24.5 Å². The number of alkyl halides is 3. The first kappa shape index (κ1) is 36.4. The summed E-state index contributed by atoms with van der Waals surface area (Å²) in [7, 11) is 0. The highest BCUT2D eigenvalue weighted by molar-refractivity contribution is 6.33. The van der Waals surface area contributed by atoms with Crippen molar-refractivity contribution >= 4 is 40.6 Å². The zero-order chi connectivity index (χ0) is 38.8. The quantitative estimate of drug-likeness (QED) is 0.224. The molecule has 2 amide bonds. The Hall–Kier alpha value is -5.55. The molecule has 3 aromatic heterocycles. The molecular weight excluding hydrogens is 743 g/mol. The van der Waals surface area contributed by atoms with E-state index in [0.29, 0.717) is 30.9 Å². The number of hydrogen-bond donors (Lipinski definition) is 2. The van der Waals surface area contributed by atoms with E-state index in [0.717, 1.165) is 15.6 Å². The van der Waals surface area contributed by atoms with Crippen LogP contribution in [0.3, 0.4) is 0 Å². The van der Waals surface area contributed by atoms with Gasteiger partial charge in [0.2, 0.25) is 11.7 Å². The van der Waals surface area contributed by atoms with Crippen molar-refractivity contribution in [3.63, 3.8) is 0 Å². The molecule has 0 radical (unpaired) electrons. The maximum absolute atomic E-state index is 14.4. The van der Waals surface area contributed by atoms with E-state index < -0.39 is 29.0 Å². The summed E-state index contributed by atoms with van der Waals surface area (Å²) < 4.78 is 49.7. The van der Waals surface area contributed by atoms with E-state index in [2.05, 4.69) is 20.4 Å². The molecule has 55 heavy (non-hydrogen) atoms. The summed E-state index contributed by atoms with van der Waals surface area (Å²) in [5, 5.41) is 17.7. The van der Waals surface area contributed by atoms with Gasteiger partial charge in [0.05, 0.1) is 40.7 Å². The summed E-state index contributed by atoms with van der Waals surface area (Å²) in [6, 6.07) is 9.61. The second-order valence-corrected chi connectivity index (χ2v) is 14.3. The van der Waals surface area contributed by atoms with E-state index in [-0.39, 0.29) is 96.3 Å². The van der Waals surface area contributed by atoms with Gasteiger partial charge in [-0.3, -0.25) is 14.4 Å². The van der Waals surface area contributed by atoms with Crippen molar-refractivity contribution in [3.05, 3.63) is 91.9 Å². The fourth-order valence-electron chi connectivity index (χ4n) is 7.38. The third kappa shape index (κ3) is 6.34. The number of fused-ring (bicyclic) bond motifs is 2. The first-order valence-electron chi connectivity index (χ1n) is 17.7. The van der Waals surface area contributed by atoms with Crippen molar-refractivity contribution in [2.45, 2.75) is 64.5 Å². The van der Waals surface area contributed by atoms with Gasteiger partial charge in [0.1, 0.15) is 18.6 Å². The lowest BCUT2D eigenvalue weighted by Gasteiger charge is -2.36. The summed E-state index contributed by atoms with van der Waals surface area (Å²) in [6.07, 6.45) is -2.97. The van der Waals surface area contributed by atoms with E-state index in [1.807, 2.05) is 30.0 Å². The average Bonchev–Trinajstić information content (AvgIpc) is 3.66. The van der Waals surface area contributed by atoms with E-state index >= 15 is 0 Å². The molecule has 1 aliphatic carbocycles. The molecule has 0 atom stereocenters. The minimum absolute atomic E-state index is 0.0286. The van der Waals surface area contributed by atoms with Crippen molar-refractivity contribution in [2.24, 2.45) is 0 Å². The van der Waals surface area contributed by atoms with Gasteiger partial charge in [-0.05, 0) is 61.1 Å². The van der Waals surface area contributed by atoms with Crippen LogP contribution in [0.5, 0.6) is 5.75 Å². The smallest absolute Gasteiger partial charge is 0.398 e. The number of carbonyl (C=O) groups excluding carboxylic acids is 2. The number of amides is 2. The molecule has 2 N–H and O–H groups in total. The van der Waals surface area contributed by atoms with Crippen LogP contribution in [0.15, 0.2) is 47.5 Å². The van der Waals surface area contributed by atoms with Crippen LogP contribution in [0.1, 0.15) is 58.3 Å². The maximum Gasteiger partial charge on any atom is 0.398 e. The van der Waals surface area contributed by atoms with Gasteiger partial charge < -0.3 is 29.5 Å². The zero-order valence-corrected chi connectivity index (χ0v) is 30.5. The van der Waals surface area contributed by atoms with Crippen LogP contribution >= 0.6 is 11.6 Å². The molecular formula is C37H35ClF3N9O5. The third-order valence-corrected chi connectivity index (χ3v) is 10.9. The third-order valence-electron chi connectivity index (χ3n) is 10.6. The molecule has 8 rings (SSSR count). The normalized spacial score (nSPS) is 16.4. The molecule has 5 aromatic rings. The lowest BCUT2D eigenvalue weighted by Crippen LogP contribution is -2.51. The average molecular weight is 778 g/mol. The van der Waals surface area contributed by atoms with Crippen LogP contribution in [0.25, 0.3) is 17.2 Å². The number of aromatic hydroxyl groups is 1. The van der Waals surface area contributed by atoms with Gasteiger partial charge in [0, 0.05) is 31.7 Å². The summed E-state index contributed by atoms with van der Waals surface area (Å²) in [5.74, 6) is -0.961. The first-order valence-corrected chi connectivity index (χ1v) is 18.1. The van der Waals surface area contributed by atoms with Gasteiger partial charge in [0.25, 0.3) is 11.5 Å². The Bertz CT molecular complexity index is 2440. The van der Waals surface area contributed by atoms with Gasteiger partial charge >= 0.3 is 6.18 Å². The highest BCUT2D eigenvalue weighted by Gasteiger charge is 2.64. The fraction of sp³-hybridized carbons (Fsp3) is 0.378. The molecule has 0 unspecified atom stereocenters. The number of ether oxygens (including phenoxy) is 1.